The second-order valence-corrected chi connectivity index (χ2v) is 9.91. The molecule has 0 aromatic heterocycles. The van der Waals surface area contributed by atoms with E-state index in [-0.39, 0.29) is 30.6 Å². The Labute approximate surface area is 189 Å². The zero-order valence-electron chi connectivity index (χ0n) is 17.7. The minimum atomic E-state index is -4.57. The third-order valence-corrected chi connectivity index (χ3v) is 7.30. The Morgan fingerprint density at radius 2 is 1.61 bits per heavy atom. The molecule has 0 aliphatic heterocycles. The third-order valence-electron chi connectivity index (χ3n) is 5.77. The maximum Gasteiger partial charge on any atom is 0.416 e. The Kier molecular flexibility index (Phi) is 7.15. The van der Waals surface area contributed by atoms with Gasteiger partial charge in [-0.05, 0) is 74.6 Å². The molecule has 1 saturated carbocycles. The van der Waals surface area contributed by atoms with Crippen LogP contribution in [0.5, 0.6) is 0 Å². The smallest absolute Gasteiger partial charge is 0.380 e. The SMILES string of the molecule is CC(NC(=O)C1(O)CCC(NS(=O)(=O)c2ccc(C(F)(F)F)cc2)CC1)c1ccc(F)cc1. The zero-order chi connectivity index (χ0) is 24.4. The van der Waals surface area contributed by atoms with E-state index in [0.717, 1.165) is 12.1 Å². The molecule has 3 N–H and O–H groups in total. The van der Waals surface area contributed by atoms with E-state index < -0.39 is 51.2 Å². The lowest BCUT2D eigenvalue weighted by Gasteiger charge is -2.35. The number of sulfonamides is 1. The van der Waals surface area contributed by atoms with Crippen molar-refractivity contribution in [3.05, 3.63) is 65.5 Å². The van der Waals surface area contributed by atoms with Gasteiger partial charge in [0.25, 0.3) is 5.91 Å². The standard InChI is InChI=1S/C22H24F4N2O4S/c1-14(15-2-6-17(23)7-3-15)27-20(29)21(30)12-10-18(11-13-21)28-33(31,32)19-8-4-16(5-9-19)22(24,25)26/h2-9,14,18,28,30H,10-13H2,1H3,(H,27,29). The van der Waals surface area contributed by atoms with Crippen LogP contribution >= 0.6 is 0 Å². The van der Waals surface area contributed by atoms with Crippen molar-refractivity contribution in [2.45, 2.75) is 61.4 Å². The van der Waals surface area contributed by atoms with Gasteiger partial charge in [0, 0.05) is 6.04 Å². The minimum Gasteiger partial charge on any atom is -0.380 e. The fourth-order valence-electron chi connectivity index (χ4n) is 3.72. The molecule has 1 atom stereocenters. The molecule has 2 aromatic rings. The molecule has 1 aliphatic rings. The molecule has 0 radical (unpaired) electrons. The van der Waals surface area contributed by atoms with Gasteiger partial charge in [-0.2, -0.15) is 13.2 Å². The molecule has 33 heavy (non-hydrogen) atoms. The summed E-state index contributed by atoms with van der Waals surface area (Å²) in [4.78, 5) is 12.3. The van der Waals surface area contributed by atoms with E-state index in [1.54, 1.807) is 6.92 Å². The number of amides is 1. The van der Waals surface area contributed by atoms with Crippen LogP contribution in [-0.2, 0) is 21.0 Å². The predicted molar refractivity (Wildman–Crippen MR) is 112 cm³/mol. The van der Waals surface area contributed by atoms with E-state index in [1.807, 2.05) is 0 Å². The van der Waals surface area contributed by atoms with Crippen molar-refractivity contribution in [2.24, 2.45) is 0 Å². The number of hydrogen-bond donors (Lipinski definition) is 3. The van der Waals surface area contributed by atoms with Crippen LogP contribution in [0.1, 0.15) is 49.8 Å². The number of rotatable bonds is 6. The third kappa shape index (κ3) is 6.10. The van der Waals surface area contributed by atoms with Gasteiger partial charge in [0.05, 0.1) is 16.5 Å². The van der Waals surface area contributed by atoms with Crippen molar-refractivity contribution in [3.63, 3.8) is 0 Å². The van der Waals surface area contributed by atoms with Crippen molar-refractivity contribution in [1.29, 1.82) is 0 Å². The molecule has 2 aromatic carbocycles. The molecule has 1 fully saturated rings. The number of nitrogens with one attached hydrogen (secondary N) is 2. The van der Waals surface area contributed by atoms with Gasteiger partial charge in [0.15, 0.2) is 0 Å². The van der Waals surface area contributed by atoms with Gasteiger partial charge in [-0.25, -0.2) is 17.5 Å². The maximum atomic E-state index is 13.1. The van der Waals surface area contributed by atoms with Crippen LogP contribution in [-0.4, -0.2) is 31.1 Å². The van der Waals surface area contributed by atoms with E-state index >= 15 is 0 Å². The van der Waals surface area contributed by atoms with Gasteiger partial charge in [0.2, 0.25) is 10.0 Å². The number of carbonyl (C=O) groups excluding carboxylic acids is 1. The summed E-state index contributed by atoms with van der Waals surface area (Å²) in [5, 5.41) is 13.5. The lowest BCUT2D eigenvalue weighted by Crippen LogP contribution is -2.52. The van der Waals surface area contributed by atoms with Crippen molar-refractivity contribution in [2.75, 3.05) is 0 Å². The molecular weight excluding hydrogens is 464 g/mol. The van der Waals surface area contributed by atoms with E-state index in [1.165, 1.54) is 24.3 Å². The first-order valence-electron chi connectivity index (χ1n) is 10.3. The Bertz CT molecular complexity index is 1080. The van der Waals surface area contributed by atoms with Crippen LogP contribution in [0.3, 0.4) is 0 Å². The first-order chi connectivity index (χ1) is 15.3. The normalized spacial score (nSPS) is 22.5. The molecule has 1 amide bonds. The molecule has 180 valence electrons. The Morgan fingerprint density at radius 3 is 2.12 bits per heavy atom. The van der Waals surface area contributed by atoms with Crippen LogP contribution in [0.4, 0.5) is 17.6 Å². The highest BCUT2D eigenvalue weighted by molar-refractivity contribution is 7.89. The summed E-state index contributed by atoms with van der Waals surface area (Å²) < 4.78 is 78.6. The molecule has 1 unspecified atom stereocenters. The second kappa shape index (κ2) is 9.40. The summed E-state index contributed by atoms with van der Waals surface area (Å²) >= 11 is 0. The highest BCUT2D eigenvalue weighted by atomic mass is 32.2. The lowest BCUT2D eigenvalue weighted by atomic mass is 9.81. The fraction of sp³-hybridized carbons (Fsp3) is 0.409. The number of benzene rings is 2. The highest BCUT2D eigenvalue weighted by Gasteiger charge is 2.41. The second-order valence-electron chi connectivity index (χ2n) is 8.20. The van der Waals surface area contributed by atoms with Crippen LogP contribution in [0.2, 0.25) is 0 Å². The Morgan fingerprint density at radius 1 is 1.06 bits per heavy atom. The van der Waals surface area contributed by atoms with Gasteiger partial charge in [-0.15, -0.1) is 0 Å². The summed E-state index contributed by atoms with van der Waals surface area (Å²) in [5.41, 5.74) is -1.98. The number of hydrogen-bond acceptors (Lipinski definition) is 4. The predicted octanol–water partition coefficient (Wildman–Crippen LogP) is 3.67. The molecule has 0 saturated heterocycles. The molecule has 3 rings (SSSR count). The van der Waals surface area contributed by atoms with Crippen LogP contribution < -0.4 is 10.0 Å². The molecule has 0 spiro atoms. The van der Waals surface area contributed by atoms with Gasteiger partial charge in [-0.3, -0.25) is 4.79 Å². The Balaban J connectivity index is 1.58. The molecule has 0 bridgehead atoms. The van der Waals surface area contributed by atoms with Crippen LogP contribution in [0.15, 0.2) is 53.4 Å². The largest absolute Gasteiger partial charge is 0.416 e. The van der Waals surface area contributed by atoms with E-state index in [4.69, 9.17) is 0 Å². The van der Waals surface area contributed by atoms with E-state index in [0.29, 0.717) is 17.7 Å². The first kappa shape index (κ1) is 25.1. The molecule has 11 heteroatoms. The monoisotopic (exact) mass is 488 g/mol. The van der Waals surface area contributed by atoms with Gasteiger partial charge < -0.3 is 10.4 Å². The fourth-order valence-corrected chi connectivity index (χ4v) is 5.02. The molecule has 1 aliphatic carbocycles. The molecule has 0 heterocycles. The van der Waals surface area contributed by atoms with Gasteiger partial charge >= 0.3 is 6.18 Å². The number of aliphatic hydroxyl groups is 1. The van der Waals surface area contributed by atoms with Gasteiger partial charge in [-0.1, -0.05) is 12.1 Å². The minimum absolute atomic E-state index is 0.00479. The average molecular weight is 489 g/mol. The van der Waals surface area contributed by atoms with Crippen LogP contribution in [0, 0.1) is 5.82 Å². The topological polar surface area (TPSA) is 95.5 Å². The van der Waals surface area contributed by atoms with Crippen molar-refractivity contribution < 1.29 is 35.9 Å². The molecular formula is C22H24F4N2O4S. The average Bonchev–Trinajstić information content (AvgIpc) is 2.75. The van der Waals surface area contributed by atoms with Crippen molar-refractivity contribution in [3.8, 4) is 0 Å². The van der Waals surface area contributed by atoms with E-state index in [2.05, 4.69) is 10.0 Å². The zero-order valence-corrected chi connectivity index (χ0v) is 18.5. The van der Waals surface area contributed by atoms with E-state index in [9.17, 15) is 35.9 Å². The maximum absolute atomic E-state index is 13.1. The molecule has 6 nitrogen and oxygen atoms in total. The number of halogens is 4. The Hall–Kier alpha value is -2.50. The summed E-state index contributed by atoms with van der Waals surface area (Å²) in [7, 11) is -4.07. The quantitative estimate of drug-likeness (QED) is 0.541. The summed E-state index contributed by atoms with van der Waals surface area (Å²) in [6.07, 6.45) is -4.26. The summed E-state index contributed by atoms with van der Waals surface area (Å²) in [6, 6.07) is 7.68. The summed E-state index contributed by atoms with van der Waals surface area (Å²) in [5.74, 6) is -1.02. The number of alkyl halides is 3. The summed E-state index contributed by atoms with van der Waals surface area (Å²) in [6.45, 7) is 1.69. The first-order valence-corrected chi connectivity index (χ1v) is 11.8. The highest BCUT2D eigenvalue weighted by Crippen LogP contribution is 2.32. The lowest BCUT2D eigenvalue weighted by molar-refractivity contribution is -0.144. The van der Waals surface area contributed by atoms with Crippen molar-refractivity contribution >= 4 is 15.9 Å². The van der Waals surface area contributed by atoms with Gasteiger partial charge in [0.1, 0.15) is 11.4 Å². The van der Waals surface area contributed by atoms with Crippen molar-refractivity contribution in [1.82, 2.24) is 10.0 Å². The number of carbonyl (C=O) groups is 1. The van der Waals surface area contributed by atoms with Crippen LogP contribution in [0.25, 0.3) is 0 Å².